The molecule has 0 saturated heterocycles. The second-order valence-electron chi connectivity index (χ2n) is 1.97. The zero-order valence-corrected chi connectivity index (χ0v) is 6.55. The van der Waals surface area contributed by atoms with Crippen LogP contribution in [0, 0.1) is 0 Å². The minimum Gasteiger partial charge on any atom is -0.418 e. The summed E-state index contributed by atoms with van der Waals surface area (Å²) in [5.74, 6) is 0.0874. The second kappa shape index (κ2) is 3.10. The Morgan fingerprint density at radius 3 is 2.58 bits per heavy atom. The van der Waals surface area contributed by atoms with Crippen molar-refractivity contribution in [3.8, 4) is 5.75 Å². The van der Waals surface area contributed by atoms with Crippen LogP contribution in [0.3, 0.4) is 0 Å². The van der Waals surface area contributed by atoms with Gasteiger partial charge in [-0.05, 0) is 12.1 Å². The fraction of sp³-hybridized carbons (Fsp3) is 0.167. The molecule has 6 heteroatoms. The topological polar surface area (TPSA) is 48.1 Å². The van der Waals surface area contributed by atoms with Gasteiger partial charge in [0.05, 0.1) is 6.20 Å². The van der Waals surface area contributed by atoms with Crippen molar-refractivity contribution in [2.45, 2.75) is 5.57 Å². The molecule has 0 radical (unpaired) electrons. The van der Waals surface area contributed by atoms with Gasteiger partial charge < -0.3 is 10.5 Å². The molecule has 0 atom stereocenters. The first-order valence-electron chi connectivity index (χ1n) is 2.95. The molecule has 0 unspecified atom stereocenters. The number of alkyl halides is 3. The molecule has 0 aliphatic heterocycles. The Kier molecular flexibility index (Phi) is 2.32. The van der Waals surface area contributed by atoms with Crippen LogP contribution in [0.15, 0.2) is 18.3 Å². The van der Waals surface area contributed by atoms with Crippen molar-refractivity contribution in [3.63, 3.8) is 0 Å². The number of rotatable bonds is 2. The van der Waals surface area contributed by atoms with Crippen molar-refractivity contribution in [3.05, 3.63) is 18.3 Å². The zero-order chi connectivity index (χ0) is 9.19. The normalized spacial score (nSPS) is 11.2. The van der Waals surface area contributed by atoms with Crippen LogP contribution < -0.4 is 10.5 Å². The number of nitrogen functional groups attached to an aromatic ring is 1. The number of anilines is 1. The van der Waals surface area contributed by atoms with Gasteiger partial charge in [0.25, 0.3) is 0 Å². The predicted octanol–water partition coefficient (Wildman–Crippen LogP) is 1.83. The van der Waals surface area contributed by atoms with Crippen molar-refractivity contribution >= 4 is 17.4 Å². The number of nitrogens with zero attached hydrogens (tertiary/aromatic N) is 1. The van der Waals surface area contributed by atoms with Gasteiger partial charge in [-0.1, -0.05) is 0 Å². The molecule has 0 aliphatic carbocycles. The van der Waals surface area contributed by atoms with Crippen LogP contribution in [0.4, 0.5) is 14.6 Å². The Bertz CT molecular complexity index is 259. The molecule has 0 aromatic carbocycles. The largest absolute Gasteiger partial charge is 0.487 e. The van der Waals surface area contributed by atoms with Gasteiger partial charge in [0, 0.05) is 11.6 Å². The molecular formula is C6H5ClF2N2O. The zero-order valence-electron chi connectivity index (χ0n) is 5.80. The van der Waals surface area contributed by atoms with E-state index in [1.54, 1.807) is 0 Å². The summed E-state index contributed by atoms with van der Waals surface area (Å²) in [4.78, 5) is 3.52. The van der Waals surface area contributed by atoms with E-state index in [9.17, 15) is 8.78 Å². The first kappa shape index (κ1) is 8.99. The Hall–Kier alpha value is -1.10. The third-order valence-electron chi connectivity index (χ3n) is 0.993. The summed E-state index contributed by atoms with van der Waals surface area (Å²) >= 11 is 4.49. The van der Waals surface area contributed by atoms with E-state index in [0.717, 1.165) is 6.20 Å². The van der Waals surface area contributed by atoms with Crippen LogP contribution >= 0.6 is 11.6 Å². The SMILES string of the molecule is Nc1ccc(OC(F)(F)Cl)cn1. The summed E-state index contributed by atoms with van der Waals surface area (Å²) in [6.07, 6.45) is 1.06. The highest BCUT2D eigenvalue weighted by Gasteiger charge is 2.27. The van der Waals surface area contributed by atoms with Gasteiger partial charge in [-0.25, -0.2) is 4.98 Å². The average molecular weight is 195 g/mol. The highest BCUT2D eigenvalue weighted by atomic mass is 35.5. The molecule has 3 nitrogen and oxygen atoms in total. The number of ether oxygens (including phenoxy) is 1. The first-order chi connectivity index (χ1) is 5.47. The summed E-state index contributed by atoms with van der Waals surface area (Å²) in [6.45, 7) is 0. The number of halogens is 3. The van der Waals surface area contributed by atoms with Crippen LogP contribution in [-0.2, 0) is 0 Å². The summed E-state index contributed by atoms with van der Waals surface area (Å²) < 4.78 is 28.0. The highest BCUT2D eigenvalue weighted by molar-refractivity contribution is 6.20. The molecule has 1 rings (SSSR count). The Balaban J connectivity index is 2.71. The maximum atomic E-state index is 12.0. The second-order valence-corrected chi connectivity index (χ2v) is 2.41. The Morgan fingerprint density at radius 1 is 1.50 bits per heavy atom. The highest BCUT2D eigenvalue weighted by Crippen LogP contribution is 2.24. The molecule has 66 valence electrons. The number of nitrogens with two attached hydrogens (primary N) is 1. The molecule has 2 N–H and O–H groups in total. The molecule has 1 aromatic heterocycles. The van der Waals surface area contributed by atoms with Gasteiger partial charge in [-0.3, -0.25) is 0 Å². The monoisotopic (exact) mass is 194 g/mol. The summed E-state index contributed by atoms with van der Waals surface area (Å²) in [7, 11) is 0. The van der Waals surface area contributed by atoms with E-state index in [2.05, 4.69) is 21.3 Å². The fourth-order valence-corrected chi connectivity index (χ4v) is 0.675. The van der Waals surface area contributed by atoms with E-state index in [4.69, 9.17) is 5.73 Å². The van der Waals surface area contributed by atoms with Crippen LogP contribution in [0.25, 0.3) is 0 Å². The molecule has 0 saturated carbocycles. The molecule has 0 aliphatic rings. The van der Waals surface area contributed by atoms with Crippen molar-refractivity contribution in [2.24, 2.45) is 0 Å². The fourth-order valence-electron chi connectivity index (χ4n) is 0.586. The summed E-state index contributed by atoms with van der Waals surface area (Å²) in [5.41, 5.74) is 1.49. The molecule has 0 spiro atoms. The minimum atomic E-state index is -3.71. The minimum absolute atomic E-state index is 0.135. The number of pyridine rings is 1. The lowest BCUT2D eigenvalue weighted by molar-refractivity contribution is -0.0966. The van der Waals surface area contributed by atoms with Gasteiger partial charge in [-0.15, -0.1) is 8.78 Å². The Labute approximate surface area is 72.1 Å². The van der Waals surface area contributed by atoms with Crippen molar-refractivity contribution in [1.82, 2.24) is 4.98 Å². The van der Waals surface area contributed by atoms with Crippen LogP contribution in [0.5, 0.6) is 5.75 Å². The van der Waals surface area contributed by atoms with E-state index < -0.39 is 5.57 Å². The lowest BCUT2D eigenvalue weighted by Gasteiger charge is -2.09. The first-order valence-corrected chi connectivity index (χ1v) is 3.32. The van der Waals surface area contributed by atoms with Crippen molar-refractivity contribution in [1.29, 1.82) is 0 Å². The maximum Gasteiger partial charge on any atom is 0.487 e. The third kappa shape index (κ3) is 2.87. The molecule has 1 aromatic rings. The van der Waals surface area contributed by atoms with Gasteiger partial charge >= 0.3 is 5.57 Å². The lowest BCUT2D eigenvalue weighted by atomic mass is 10.4. The molecule has 12 heavy (non-hydrogen) atoms. The molecule has 1 heterocycles. The molecule has 0 bridgehead atoms. The third-order valence-corrected chi connectivity index (χ3v) is 1.07. The Morgan fingerprint density at radius 2 is 2.17 bits per heavy atom. The summed E-state index contributed by atoms with van der Waals surface area (Å²) in [6, 6.07) is 2.58. The number of hydrogen-bond donors (Lipinski definition) is 1. The maximum absolute atomic E-state index is 12.0. The van der Waals surface area contributed by atoms with E-state index >= 15 is 0 Å². The van der Waals surface area contributed by atoms with E-state index in [1.165, 1.54) is 12.1 Å². The molecule has 0 amide bonds. The van der Waals surface area contributed by atoms with E-state index in [1.807, 2.05) is 0 Å². The lowest BCUT2D eigenvalue weighted by Crippen LogP contribution is -2.15. The summed E-state index contributed by atoms with van der Waals surface area (Å²) in [5, 5.41) is 0. The molecular weight excluding hydrogens is 190 g/mol. The van der Waals surface area contributed by atoms with Gasteiger partial charge in [-0.2, -0.15) is 0 Å². The van der Waals surface area contributed by atoms with Crippen molar-refractivity contribution < 1.29 is 13.5 Å². The van der Waals surface area contributed by atoms with Crippen LogP contribution in [0.2, 0.25) is 0 Å². The standard InChI is InChI=1S/C6H5ClF2N2O/c7-6(8,9)12-4-1-2-5(10)11-3-4/h1-3H,(H2,10,11). The van der Waals surface area contributed by atoms with E-state index in [0.29, 0.717) is 0 Å². The van der Waals surface area contributed by atoms with Gasteiger partial charge in [0.15, 0.2) is 0 Å². The van der Waals surface area contributed by atoms with Crippen LogP contribution in [0.1, 0.15) is 0 Å². The predicted molar refractivity (Wildman–Crippen MR) is 40.1 cm³/mol. The van der Waals surface area contributed by atoms with Crippen molar-refractivity contribution in [2.75, 3.05) is 5.73 Å². The van der Waals surface area contributed by atoms with Gasteiger partial charge in [0.1, 0.15) is 11.6 Å². The molecule has 0 fully saturated rings. The van der Waals surface area contributed by atoms with E-state index in [-0.39, 0.29) is 11.6 Å². The number of aromatic nitrogens is 1. The van der Waals surface area contributed by atoms with Crippen LogP contribution in [-0.4, -0.2) is 10.6 Å². The smallest absolute Gasteiger partial charge is 0.418 e. The number of hydrogen-bond acceptors (Lipinski definition) is 3. The quantitative estimate of drug-likeness (QED) is 0.731. The average Bonchev–Trinajstić information content (AvgIpc) is 1.91. The van der Waals surface area contributed by atoms with Gasteiger partial charge in [0.2, 0.25) is 0 Å².